The second-order valence-electron chi connectivity index (χ2n) is 2.05. The minimum Gasteiger partial charge on any atom is -0.359 e. The number of alkyl halides is 1. The van der Waals surface area contributed by atoms with Crippen molar-refractivity contribution >= 4 is 15.9 Å². The van der Waals surface area contributed by atoms with E-state index in [-0.39, 0.29) is 6.10 Å². The summed E-state index contributed by atoms with van der Waals surface area (Å²) in [4.78, 5) is 0. The Morgan fingerprint density at radius 1 is 1.64 bits per heavy atom. The van der Waals surface area contributed by atoms with Gasteiger partial charge in [0.2, 0.25) is 0 Å². The predicted molar refractivity (Wildman–Crippen MR) is 45.4 cm³/mol. The average Bonchev–Trinajstić information content (AvgIpc) is 2.05. The molecule has 0 aliphatic rings. The van der Waals surface area contributed by atoms with E-state index in [0.717, 1.165) is 11.8 Å². The van der Waals surface area contributed by atoms with Crippen LogP contribution in [-0.4, -0.2) is 25.3 Å². The van der Waals surface area contributed by atoms with E-state index in [4.69, 9.17) is 14.7 Å². The van der Waals surface area contributed by atoms with Crippen LogP contribution in [0.2, 0.25) is 0 Å². The summed E-state index contributed by atoms with van der Waals surface area (Å²) >= 11 is 3.29. The van der Waals surface area contributed by atoms with Gasteiger partial charge in [-0.15, -0.1) is 0 Å². The van der Waals surface area contributed by atoms with Gasteiger partial charge in [0.1, 0.15) is 6.79 Å². The van der Waals surface area contributed by atoms with Crippen LogP contribution < -0.4 is 0 Å². The standard InChI is InChI=1S/C7H12BrNO2/c1-10-6-11-7(5-8)3-2-4-9/h7H,2-3,5-6H2,1H3/t7-/m1/s1. The van der Waals surface area contributed by atoms with Crippen LogP contribution >= 0.6 is 15.9 Å². The molecule has 0 aromatic heterocycles. The Bertz CT molecular complexity index is 124. The van der Waals surface area contributed by atoms with Crippen LogP contribution in [0.4, 0.5) is 0 Å². The maximum atomic E-state index is 8.28. The summed E-state index contributed by atoms with van der Waals surface area (Å²) in [7, 11) is 1.58. The Morgan fingerprint density at radius 2 is 2.36 bits per heavy atom. The van der Waals surface area contributed by atoms with Crippen molar-refractivity contribution in [3.63, 3.8) is 0 Å². The van der Waals surface area contributed by atoms with Gasteiger partial charge < -0.3 is 9.47 Å². The van der Waals surface area contributed by atoms with Gasteiger partial charge in [0.25, 0.3) is 0 Å². The summed E-state index contributed by atoms with van der Waals surface area (Å²) < 4.78 is 9.95. The molecule has 0 aliphatic carbocycles. The SMILES string of the molecule is COCO[C@@H](CBr)CCC#N. The third-order valence-electron chi connectivity index (χ3n) is 1.17. The lowest BCUT2D eigenvalue weighted by molar-refractivity contribution is -0.0647. The summed E-state index contributed by atoms with van der Waals surface area (Å²) in [5.74, 6) is 0. The molecule has 0 N–H and O–H groups in total. The number of methoxy groups -OCH3 is 1. The monoisotopic (exact) mass is 221 g/mol. The lowest BCUT2D eigenvalue weighted by Gasteiger charge is -2.12. The number of ether oxygens (including phenoxy) is 2. The first-order valence-corrected chi connectivity index (χ1v) is 4.50. The van der Waals surface area contributed by atoms with E-state index < -0.39 is 0 Å². The molecular weight excluding hydrogens is 210 g/mol. The van der Waals surface area contributed by atoms with Gasteiger partial charge in [-0.3, -0.25) is 0 Å². The van der Waals surface area contributed by atoms with Crippen molar-refractivity contribution in [3.05, 3.63) is 0 Å². The minimum absolute atomic E-state index is 0.0922. The summed E-state index contributed by atoms with van der Waals surface area (Å²) in [6.45, 7) is 0.293. The van der Waals surface area contributed by atoms with Gasteiger partial charge in [-0.1, -0.05) is 15.9 Å². The minimum atomic E-state index is 0.0922. The second-order valence-corrected chi connectivity index (χ2v) is 2.69. The molecule has 1 atom stereocenters. The first-order chi connectivity index (χ1) is 5.35. The molecule has 0 aromatic rings. The molecule has 0 unspecified atom stereocenters. The summed E-state index contributed by atoms with van der Waals surface area (Å²) in [5, 5.41) is 9.03. The average molecular weight is 222 g/mol. The lowest BCUT2D eigenvalue weighted by atomic mass is 10.2. The molecular formula is C7H12BrNO2. The fraction of sp³-hybridized carbons (Fsp3) is 0.857. The molecule has 0 amide bonds. The molecule has 0 bridgehead atoms. The van der Waals surface area contributed by atoms with Crippen LogP contribution in [0, 0.1) is 11.3 Å². The lowest BCUT2D eigenvalue weighted by Crippen LogP contribution is -2.15. The van der Waals surface area contributed by atoms with Crippen molar-refractivity contribution in [3.8, 4) is 6.07 Å². The van der Waals surface area contributed by atoms with Crippen LogP contribution in [-0.2, 0) is 9.47 Å². The van der Waals surface area contributed by atoms with Crippen LogP contribution in [0.5, 0.6) is 0 Å². The quantitative estimate of drug-likeness (QED) is 0.507. The van der Waals surface area contributed by atoms with E-state index in [2.05, 4.69) is 22.0 Å². The van der Waals surface area contributed by atoms with Crippen LogP contribution in [0.1, 0.15) is 12.8 Å². The van der Waals surface area contributed by atoms with Gasteiger partial charge in [0, 0.05) is 18.9 Å². The highest BCUT2D eigenvalue weighted by molar-refractivity contribution is 9.09. The molecule has 11 heavy (non-hydrogen) atoms. The Morgan fingerprint density at radius 3 is 2.82 bits per heavy atom. The topological polar surface area (TPSA) is 42.2 Å². The molecule has 0 radical (unpaired) electrons. The third-order valence-corrected chi connectivity index (χ3v) is 1.89. The fourth-order valence-electron chi connectivity index (χ4n) is 0.595. The molecule has 4 heteroatoms. The van der Waals surface area contributed by atoms with Crippen molar-refractivity contribution < 1.29 is 9.47 Å². The zero-order valence-corrected chi connectivity index (χ0v) is 8.13. The molecule has 3 nitrogen and oxygen atoms in total. The molecule has 0 rings (SSSR count). The van der Waals surface area contributed by atoms with Crippen molar-refractivity contribution in [1.29, 1.82) is 5.26 Å². The molecule has 0 fully saturated rings. The van der Waals surface area contributed by atoms with E-state index in [1.165, 1.54) is 0 Å². The summed E-state index contributed by atoms with van der Waals surface area (Å²) in [5.41, 5.74) is 0. The molecule has 0 heterocycles. The molecule has 0 saturated carbocycles. The van der Waals surface area contributed by atoms with E-state index in [9.17, 15) is 0 Å². The van der Waals surface area contributed by atoms with Crippen molar-refractivity contribution in [1.82, 2.24) is 0 Å². The number of nitrogens with zero attached hydrogens (tertiary/aromatic N) is 1. The van der Waals surface area contributed by atoms with Crippen LogP contribution in [0.25, 0.3) is 0 Å². The van der Waals surface area contributed by atoms with E-state index in [1.54, 1.807) is 7.11 Å². The Hall–Kier alpha value is -0.110. The largest absolute Gasteiger partial charge is 0.359 e. The normalized spacial score (nSPS) is 12.5. The number of nitriles is 1. The van der Waals surface area contributed by atoms with Crippen molar-refractivity contribution in [2.24, 2.45) is 0 Å². The van der Waals surface area contributed by atoms with Gasteiger partial charge >= 0.3 is 0 Å². The number of halogens is 1. The van der Waals surface area contributed by atoms with Gasteiger partial charge in [-0.2, -0.15) is 5.26 Å². The first-order valence-electron chi connectivity index (χ1n) is 3.38. The van der Waals surface area contributed by atoms with Crippen LogP contribution in [0.3, 0.4) is 0 Å². The van der Waals surface area contributed by atoms with Crippen molar-refractivity contribution in [2.75, 3.05) is 19.2 Å². The van der Waals surface area contributed by atoms with Gasteiger partial charge in [0.05, 0.1) is 12.2 Å². The Kier molecular flexibility index (Phi) is 7.91. The molecule has 0 spiro atoms. The predicted octanol–water partition coefficient (Wildman–Crippen LogP) is 1.67. The second kappa shape index (κ2) is 7.99. The Balaban J connectivity index is 3.34. The van der Waals surface area contributed by atoms with Gasteiger partial charge in [-0.25, -0.2) is 0 Å². The van der Waals surface area contributed by atoms with Gasteiger partial charge in [0.15, 0.2) is 0 Å². The molecule has 64 valence electrons. The first kappa shape index (κ1) is 10.9. The Labute approximate surface area is 75.4 Å². The third kappa shape index (κ3) is 6.29. The highest BCUT2D eigenvalue weighted by atomic mass is 79.9. The maximum absolute atomic E-state index is 8.28. The zero-order chi connectivity index (χ0) is 8.53. The highest BCUT2D eigenvalue weighted by Gasteiger charge is 2.05. The van der Waals surface area contributed by atoms with Crippen molar-refractivity contribution in [2.45, 2.75) is 18.9 Å². The van der Waals surface area contributed by atoms with E-state index in [1.807, 2.05) is 0 Å². The molecule has 0 aliphatic heterocycles. The summed E-state index contributed by atoms with van der Waals surface area (Å²) in [6.07, 6.45) is 1.38. The van der Waals surface area contributed by atoms with Gasteiger partial charge in [-0.05, 0) is 6.42 Å². The van der Waals surface area contributed by atoms with E-state index in [0.29, 0.717) is 13.2 Å². The number of rotatable bonds is 6. The zero-order valence-electron chi connectivity index (χ0n) is 6.55. The fourth-order valence-corrected chi connectivity index (χ4v) is 1.11. The van der Waals surface area contributed by atoms with E-state index >= 15 is 0 Å². The summed E-state index contributed by atoms with van der Waals surface area (Å²) in [6, 6.07) is 2.07. The molecule has 0 saturated heterocycles. The smallest absolute Gasteiger partial charge is 0.146 e. The number of hydrogen-bond acceptors (Lipinski definition) is 3. The maximum Gasteiger partial charge on any atom is 0.146 e. The van der Waals surface area contributed by atoms with Crippen LogP contribution in [0.15, 0.2) is 0 Å². The highest BCUT2D eigenvalue weighted by Crippen LogP contribution is 2.04. The number of hydrogen-bond donors (Lipinski definition) is 0. The molecule has 0 aromatic carbocycles.